The van der Waals surface area contributed by atoms with Crippen molar-refractivity contribution < 1.29 is 9.66 Å². The minimum Gasteiger partial charge on any atom is -0.438 e. The quantitative estimate of drug-likeness (QED) is 0.679. The van der Waals surface area contributed by atoms with Gasteiger partial charge < -0.3 is 10.5 Å². The van der Waals surface area contributed by atoms with E-state index in [1.807, 2.05) is 37.3 Å². The largest absolute Gasteiger partial charge is 0.438 e. The first kappa shape index (κ1) is 13.5. The fraction of sp³-hybridized carbons (Fsp3) is 0.0714. The Morgan fingerprint density at radius 2 is 2.10 bits per heavy atom. The number of nitrogens with two attached hydrogens (primary N) is 1. The number of hydrogen-bond donors (Lipinski definition) is 1. The van der Waals surface area contributed by atoms with Crippen LogP contribution in [0.1, 0.15) is 12.5 Å². The van der Waals surface area contributed by atoms with Crippen molar-refractivity contribution in [3.05, 3.63) is 58.2 Å². The smallest absolute Gasteiger partial charge is 0.278 e. The molecule has 1 aromatic carbocycles. The predicted molar refractivity (Wildman–Crippen MR) is 76.5 cm³/mol. The zero-order valence-corrected chi connectivity index (χ0v) is 10.8. The molecule has 0 aliphatic heterocycles. The fourth-order valence-electron chi connectivity index (χ4n) is 1.67. The van der Waals surface area contributed by atoms with E-state index in [0.29, 0.717) is 5.75 Å². The molecule has 0 fully saturated rings. The molecule has 0 saturated heterocycles. The molecule has 0 aliphatic carbocycles. The number of aromatic nitrogens is 1. The molecule has 2 rings (SSSR count). The molecule has 0 aliphatic rings. The standard InChI is InChI=1S/C14H13N3O3/c1-2-5-10-6-3-4-7-12(10)20-14-9-11(17(18)19)8-13(15)16-14/h2-9H,1H3,(H2,15,16)/b5-2+. The number of anilines is 1. The lowest BCUT2D eigenvalue weighted by Gasteiger charge is -2.08. The van der Waals surface area contributed by atoms with Crippen molar-refractivity contribution in [2.24, 2.45) is 0 Å². The van der Waals surface area contributed by atoms with Crippen LogP contribution >= 0.6 is 0 Å². The first-order valence-electron chi connectivity index (χ1n) is 5.91. The Hall–Kier alpha value is -2.89. The van der Waals surface area contributed by atoms with E-state index in [4.69, 9.17) is 10.5 Å². The van der Waals surface area contributed by atoms with Crippen molar-refractivity contribution in [3.8, 4) is 11.6 Å². The van der Waals surface area contributed by atoms with E-state index in [2.05, 4.69) is 4.98 Å². The number of para-hydroxylation sites is 1. The van der Waals surface area contributed by atoms with E-state index in [1.165, 1.54) is 12.1 Å². The summed E-state index contributed by atoms with van der Waals surface area (Å²) in [5.41, 5.74) is 6.23. The zero-order chi connectivity index (χ0) is 14.5. The third kappa shape index (κ3) is 3.11. The third-order valence-corrected chi connectivity index (χ3v) is 2.50. The van der Waals surface area contributed by atoms with Crippen molar-refractivity contribution >= 4 is 17.6 Å². The van der Waals surface area contributed by atoms with Gasteiger partial charge in [0.2, 0.25) is 5.88 Å². The lowest BCUT2D eigenvalue weighted by Crippen LogP contribution is -1.97. The Morgan fingerprint density at radius 3 is 2.80 bits per heavy atom. The number of rotatable bonds is 4. The summed E-state index contributed by atoms with van der Waals surface area (Å²) >= 11 is 0. The number of pyridine rings is 1. The van der Waals surface area contributed by atoms with E-state index in [1.54, 1.807) is 6.07 Å². The average molecular weight is 271 g/mol. The van der Waals surface area contributed by atoms with Crippen LogP contribution in [0.15, 0.2) is 42.5 Å². The van der Waals surface area contributed by atoms with Gasteiger partial charge in [-0.3, -0.25) is 10.1 Å². The summed E-state index contributed by atoms with van der Waals surface area (Å²) in [5, 5.41) is 10.8. The summed E-state index contributed by atoms with van der Waals surface area (Å²) in [6.45, 7) is 1.89. The molecule has 6 nitrogen and oxygen atoms in total. The Kier molecular flexibility index (Phi) is 3.95. The molecule has 0 unspecified atom stereocenters. The Morgan fingerprint density at radius 1 is 1.35 bits per heavy atom. The van der Waals surface area contributed by atoms with Gasteiger partial charge in [0.05, 0.1) is 17.1 Å². The van der Waals surface area contributed by atoms with E-state index >= 15 is 0 Å². The number of nitrogen functional groups attached to an aromatic ring is 1. The maximum atomic E-state index is 10.8. The fourth-order valence-corrected chi connectivity index (χ4v) is 1.67. The van der Waals surface area contributed by atoms with Gasteiger partial charge in [-0.25, -0.2) is 0 Å². The molecule has 1 heterocycles. The topological polar surface area (TPSA) is 91.3 Å². The molecular formula is C14H13N3O3. The van der Waals surface area contributed by atoms with Crippen molar-refractivity contribution in [2.75, 3.05) is 5.73 Å². The van der Waals surface area contributed by atoms with Crippen molar-refractivity contribution in [2.45, 2.75) is 6.92 Å². The van der Waals surface area contributed by atoms with Crippen molar-refractivity contribution in [1.82, 2.24) is 4.98 Å². The number of hydrogen-bond acceptors (Lipinski definition) is 5. The lowest BCUT2D eigenvalue weighted by atomic mass is 10.2. The molecule has 0 radical (unpaired) electrons. The second-order valence-electron chi connectivity index (χ2n) is 3.99. The van der Waals surface area contributed by atoms with Crippen molar-refractivity contribution in [1.29, 1.82) is 0 Å². The molecule has 6 heteroatoms. The van der Waals surface area contributed by atoms with Gasteiger partial charge in [-0.15, -0.1) is 0 Å². The van der Waals surface area contributed by atoms with Crippen LogP contribution in [0.2, 0.25) is 0 Å². The van der Waals surface area contributed by atoms with Crippen LogP contribution in [0.4, 0.5) is 11.5 Å². The van der Waals surface area contributed by atoms with Crippen LogP contribution in [0.5, 0.6) is 11.6 Å². The first-order valence-corrected chi connectivity index (χ1v) is 5.91. The van der Waals surface area contributed by atoms with Crippen molar-refractivity contribution in [3.63, 3.8) is 0 Å². The summed E-state index contributed by atoms with van der Waals surface area (Å²) in [7, 11) is 0. The lowest BCUT2D eigenvalue weighted by molar-refractivity contribution is -0.384. The van der Waals surface area contributed by atoms with Crippen LogP contribution in [0, 0.1) is 10.1 Å². The SMILES string of the molecule is C/C=C/c1ccccc1Oc1cc([N+](=O)[O-])cc(N)n1. The number of benzene rings is 1. The molecule has 0 spiro atoms. The summed E-state index contributed by atoms with van der Waals surface area (Å²) < 4.78 is 5.59. The zero-order valence-electron chi connectivity index (χ0n) is 10.8. The first-order chi connectivity index (χ1) is 9.60. The summed E-state index contributed by atoms with van der Waals surface area (Å²) in [6, 6.07) is 9.73. The number of nitrogens with zero attached hydrogens (tertiary/aromatic N) is 2. The molecule has 2 aromatic rings. The second kappa shape index (κ2) is 5.83. The van der Waals surface area contributed by atoms with Crippen LogP contribution in [-0.2, 0) is 0 Å². The summed E-state index contributed by atoms with van der Waals surface area (Å²) in [4.78, 5) is 14.2. The molecule has 0 amide bonds. The van der Waals surface area contributed by atoms with Gasteiger partial charge >= 0.3 is 0 Å². The Labute approximate surface area is 115 Å². The van der Waals surface area contributed by atoms with Crippen LogP contribution in [0.25, 0.3) is 6.08 Å². The van der Waals surface area contributed by atoms with Gasteiger partial charge in [-0.2, -0.15) is 4.98 Å². The number of nitro groups is 1. The van der Waals surface area contributed by atoms with E-state index in [9.17, 15) is 10.1 Å². The molecule has 20 heavy (non-hydrogen) atoms. The van der Waals surface area contributed by atoms with E-state index in [-0.39, 0.29) is 17.4 Å². The van der Waals surface area contributed by atoms with E-state index < -0.39 is 4.92 Å². The monoisotopic (exact) mass is 271 g/mol. The number of ether oxygens (including phenoxy) is 1. The van der Waals surface area contributed by atoms with Gasteiger partial charge in [0, 0.05) is 5.56 Å². The minimum atomic E-state index is -0.539. The maximum Gasteiger partial charge on any atom is 0.278 e. The molecule has 1 aromatic heterocycles. The molecule has 0 bridgehead atoms. The third-order valence-electron chi connectivity index (χ3n) is 2.50. The second-order valence-corrected chi connectivity index (χ2v) is 3.99. The minimum absolute atomic E-state index is 0.0396. The number of allylic oxidation sites excluding steroid dienone is 1. The average Bonchev–Trinajstić information content (AvgIpc) is 2.40. The van der Waals surface area contributed by atoms with Crippen LogP contribution in [-0.4, -0.2) is 9.91 Å². The highest BCUT2D eigenvalue weighted by Crippen LogP contribution is 2.28. The van der Waals surface area contributed by atoms with E-state index in [0.717, 1.165) is 5.56 Å². The van der Waals surface area contributed by atoms with Gasteiger partial charge in [0.15, 0.2) is 0 Å². The highest BCUT2D eigenvalue weighted by atomic mass is 16.6. The molecule has 0 saturated carbocycles. The maximum absolute atomic E-state index is 10.8. The highest BCUT2D eigenvalue weighted by Gasteiger charge is 2.12. The summed E-state index contributed by atoms with van der Waals surface area (Å²) in [6.07, 6.45) is 3.74. The normalized spacial score (nSPS) is 10.7. The van der Waals surface area contributed by atoms with Gasteiger partial charge in [-0.1, -0.05) is 30.4 Å². The van der Waals surface area contributed by atoms with Crippen LogP contribution in [0.3, 0.4) is 0 Å². The molecule has 0 atom stereocenters. The predicted octanol–water partition coefficient (Wildman–Crippen LogP) is 3.40. The van der Waals surface area contributed by atoms with Gasteiger partial charge in [0.25, 0.3) is 5.69 Å². The molecule has 2 N–H and O–H groups in total. The van der Waals surface area contributed by atoms with Gasteiger partial charge in [0.1, 0.15) is 11.6 Å². The highest BCUT2D eigenvalue weighted by molar-refractivity contribution is 5.58. The Bertz CT molecular complexity index is 668. The van der Waals surface area contributed by atoms with Crippen LogP contribution < -0.4 is 10.5 Å². The molecular weight excluding hydrogens is 258 g/mol. The van der Waals surface area contributed by atoms with Gasteiger partial charge in [-0.05, 0) is 13.0 Å². The Balaban J connectivity index is 2.37. The summed E-state index contributed by atoms with van der Waals surface area (Å²) in [5.74, 6) is 0.685. The molecule has 102 valence electrons.